The SMILES string of the molecule is Cc1cc(O)c(C(=O)NC(C(=O)N[C@@H]2C(=O)N3C(C(=O)O)=C(CSc4nnnn4C)CS[C@@H]23)c2csc(NC(=O)CCl)n2)cn1. The average molecular weight is 695 g/mol. The summed E-state index contributed by atoms with van der Waals surface area (Å²) in [6.07, 6.45) is 1.14. The van der Waals surface area contributed by atoms with E-state index in [0.29, 0.717) is 16.4 Å². The van der Waals surface area contributed by atoms with Crippen molar-refractivity contribution >= 4 is 81.2 Å². The van der Waals surface area contributed by atoms with E-state index in [2.05, 4.69) is 41.4 Å². The Balaban J connectivity index is 1.35. The molecule has 17 nitrogen and oxygen atoms in total. The number of aryl methyl sites for hydroxylation is 2. The molecule has 0 saturated carbocycles. The van der Waals surface area contributed by atoms with Crippen LogP contribution in [0.15, 0.2) is 34.1 Å². The Hall–Kier alpha value is -4.27. The molecule has 21 heteroatoms. The Labute approximate surface area is 271 Å². The van der Waals surface area contributed by atoms with Crippen molar-refractivity contribution in [3.05, 3.63) is 45.9 Å². The predicted molar refractivity (Wildman–Crippen MR) is 162 cm³/mol. The van der Waals surface area contributed by atoms with Gasteiger partial charge in [0.15, 0.2) is 11.2 Å². The quantitative estimate of drug-likeness (QED) is 0.103. The highest BCUT2D eigenvalue weighted by Crippen LogP contribution is 2.41. The van der Waals surface area contributed by atoms with Crippen LogP contribution >= 0.6 is 46.5 Å². The first-order chi connectivity index (χ1) is 21.5. The first kappa shape index (κ1) is 32.1. The van der Waals surface area contributed by atoms with E-state index in [0.717, 1.165) is 22.4 Å². The molecule has 3 aromatic heterocycles. The third-order valence-corrected chi connectivity index (χ3v) is 9.95. The molecule has 4 amide bonds. The summed E-state index contributed by atoms with van der Waals surface area (Å²) in [4.78, 5) is 73.3. The van der Waals surface area contributed by atoms with Crippen LogP contribution < -0.4 is 16.0 Å². The van der Waals surface area contributed by atoms with Gasteiger partial charge >= 0.3 is 5.97 Å². The Morgan fingerprint density at radius 1 is 1.29 bits per heavy atom. The summed E-state index contributed by atoms with van der Waals surface area (Å²) in [6, 6.07) is -1.32. The molecule has 1 saturated heterocycles. The van der Waals surface area contributed by atoms with Crippen LogP contribution in [0, 0.1) is 6.92 Å². The molecule has 0 bridgehead atoms. The molecule has 0 spiro atoms. The molecule has 0 radical (unpaired) electrons. The van der Waals surface area contributed by atoms with E-state index in [1.807, 2.05) is 0 Å². The first-order valence-corrected chi connectivity index (χ1v) is 16.3. The molecule has 5 heterocycles. The van der Waals surface area contributed by atoms with E-state index in [1.165, 1.54) is 39.7 Å². The van der Waals surface area contributed by atoms with Crippen molar-refractivity contribution in [3.8, 4) is 5.75 Å². The number of thiazole rings is 1. The molecule has 3 atom stereocenters. The minimum absolute atomic E-state index is 0.0268. The van der Waals surface area contributed by atoms with Gasteiger partial charge in [-0.15, -0.1) is 39.8 Å². The monoisotopic (exact) mass is 694 g/mol. The number of hydrogen-bond donors (Lipinski definition) is 5. The van der Waals surface area contributed by atoms with Gasteiger partial charge in [-0.3, -0.25) is 29.1 Å². The third-order valence-electron chi connectivity index (χ3n) is 6.49. The van der Waals surface area contributed by atoms with Crippen LogP contribution in [0.1, 0.15) is 27.8 Å². The van der Waals surface area contributed by atoms with Gasteiger partial charge in [0.25, 0.3) is 11.8 Å². The molecule has 5 rings (SSSR count). The summed E-state index contributed by atoms with van der Waals surface area (Å²) < 4.78 is 1.44. The Morgan fingerprint density at radius 2 is 2.07 bits per heavy atom. The zero-order valence-electron chi connectivity index (χ0n) is 23.3. The number of tetrazole rings is 1. The number of halogens is 1. The van der Waals surface area contributed by atoms with Gasteiger partial charge in [-0.2, -0.15) is 0 Å². The molecular formula is C24H23ClN10O7S3. The molecule has 0 aromatic carbocycles. The van der Waals surface area contributed by atoms with Crippen LogP contribution in [0.25, 0.3) is 0 Å². The summed E-state index contributed by atoms with van der Waals surface area (Å²) >= 11 is 9.00. The van der Waals surface area contributed by atoms with Gasteiger partial charge in [-0.1, -0.05) is 11.8 Å². The zero-order valence-corrected chi connectivity index (χ0v) is 26.5. The van der Waals surface area contributed by atoms with E-state index in [9.17, 15) is 34.2 Å². The number of carbonyl (C=O) groups excluding carboxylic acids is 4. The number of nitrogens with one attached hydrogen (secondary N) is 3. The molecule has 0 aliphatic carbocycles. The number of carboxylic acid groups (broad SMARTS) is 1. The Bertz CT molecular complexity index is 1730. The van der Waals surface area contributed by atoms with Crippen molar-refractivity contribution in [1.29, 1.82) is 0 Å². The van der Waals surface area contributed by atoms with Crippen LogP contribution in [0.3, 0.4) is 0 Å². The van der Waals surface area contributed by atoms with Gasteiger partial charge in [-0.05, 0) is 22.9 Å². The lowest BCUT2D eigenvalue weighted by atomic mass is 10.0. The summed E-state index contributed by atoms with van der Waals surface area (Å²) in [5.41, 5.74) is 0.581. The number of thioether (sulfide) groups is 2. The second-order valence-corrected chi connectivity index (χ2v) is 12.7. The number of nitrogens with zero attached hydrogens (tertiary/aromatic N) is 7. The van der Waals surface area contributed by atoms with Gasteiger partial charge in [0, 0.05) is 41.9 Å². The summed E-state index contributed by atoms with van der Waals surface area (Å²) in [7, 11) is 1.64. The van der Waals surface area contributed by atoms with Crippen molar-refractivity contribution in [2.24, 2.45) is 7.05 Å². The molecule has 3 aromatic rings. The van der Waals surface area contributed by atoms with Gasteiger partial charge in [0.1, 0.15) is 28.7 Å². The van der Waals surface area contributed by atoms with Crippen LogP contribution in [0.4, 0.5) is 5.13 Å². The summed E-state index contributed by atoms with van der Waals surface area (Å²) in [6.45, 7) is 1.62. The van der Waals surface area contributed by atoms with Crippen molar-refractivity contribution in [2.45, 2.75) is 29.5 Å². The maximum Gasteiger partial charge on any atom is 0.352 e. The van der Waals surface area contributed by atoms with Gasteiger partial charge in [-0.25, -0.2) is 14.5 Å². The van der Waals surface area contributed by atoms with Crippen molar-refractivity contribution in [1.82, 2.24) is 45.7 Å². The van der Waals surface area contributed by atoms with E-state index < -0.39 is 47.1 Å². The van der Waals surface area contributed by atoms with Gasteiger partial charge in [0.05, 0.1) is 11.3 Å². The van der Waals surface area contributed by atoms with Gasteiger partial charge in [0.2, 0.25) is 17.0 Å². The lowest BCUT2D eigenvalue weighted by molar-refractivity contribution is -0.151. The summed E-state index contributed by atoms with van der Waals surface area (Å²) in [5, 5.41) is 40.2. The van der Waals surface area contributed by atoms with Crippen LogP contribution in [-0.2, 0) is 26.2 Å². The molecule has 1 unspecified atom stereocenters. The number of anilines is 1. The van der Waals surface area contributed by atoms with Crippen LogP contribution in [0.5, 0.6) is 5.75 Å². The van der Waals surface area contributed by atoms with Gasteiger partial charge < -0.3 is 26.2 Å². The number of hydrogen-bond acceptors (Lipinski definition) is 14. The van der Waals surface area contributed by atoms with E-state index in [4.69, 9.17) is 11.6 Å². The van der Waals surface area contributed by atoms with E-state index in [1.54, 1.807) is 14.0 Å². The topological polar surface area (TPSA) is 235 Å². The number of carbonyl (C=O) groups is 5. The number of amides is 4. The molecule has 5 N–H and O–H groups in total. The fourth-order valence-corrected chi connectivity index (χ4v) is 7.51. The van der Waals surface area contributed by atoms with E-state index in [-0.39, 0.29) is 45.2 Å². The van der Waals surface area contributed by atoms with Crippen molar-refractivity contribution in [2.75, 3.05) is 22.7 Å². The number of β-lactam (4-membered cyclic amide) rings is 1. The highest BCUT2D eigenvalue weighted by molar-refractivity contribution is 8.01. The number of carboxylic acids is 1. The minimum atomic E-state index is -1.48. The number of alkyl halides is 1. The molecular weight excluding hydrogens is 672 g/mol. The molecule has 2 aliphatic rings. The lowest BCUT2D eigenvalue weighted by Gasteiger charge is -2.49. The molecule has 2 aliphatic heterocycles. The second kappa shape index (κ2) is 13.4. The minimum Gasteiger partial charge on any atom is -0.507 e. The summed E-state index contributed by atoms with van der Waals surface area (Å²) in [5.74, 6) is -4.40. The number of fused-ring (bicyclic) bond motifs is 1. The second-order valence-electron chi connectivity index (χ2n) is 9.54. The maximum absolute atomic E-state index is 13.6. The highest BCUT2D eigenvalue weighted by Gasteiger charge is 2.54. The van der Waals surface area contributed by atoms with Crippen molar-refractivity contribution < 1.29 is 34.2 Å². The lowest BCUT2D eigenvalue weighted by Crippen LogP contribution is -2.71. The van der Waals surface area contributed by atoms with Crippen LogP contribution in [0.2, 0.25) is 0 Å². The fourth-order valence-electron chi connectivity index (χ4n) is 4.36. The normalized spacial score (nSPS) is 18.1. The average Bonchev–Trinajstić information content (AvgIpc) is 3.64. The molecule has 1 fully saturated rings. The smallest absolute Gasteiger partial charge is 0.352 e. The number of aromatic nitrogens is 6. The Morgan fingerprint density at radius 3 is 2.73 bits per heavy atom. The highest BCUT2D eigenvalue weighted by atomic mass is 35.5. The zero-order chi connectivity index (χ0) is 32.4. The van der Waals surface area contributed by atoms with E-state index >= 15 is 0 Å². The predicted octanol–water partition coefficient (Wildman–Crippen LogP) is 0.255. The number of aliphatic carboxylic acids is 1. The fraction of sp³-hybridized carbons (Fsp3) is 0.333. The largest absolute Gasteiger partial charge is 0.507 e. The third kappa shape index (κ3) is 6.72. The standard InChI is InChI=1S/C24H23ClN10O7S3/c1-9-3-13(36)11(5-26-9)18(38)29-15(12-8-44-23(27-12)28-14(37)4-25)19(39)30-16-20(40)35-17(22(41)42)10(6-43-21(16)35)7-45-24-31-32-33-34(24)2/h3,5,8,15-16,21H,4,6-7H2,1-2H3,(H,26,36)(H,29,38)(H,30,39)(H,41,42)(H,27,28,37)/t15?,16-,21+/m1/s1. The van der Waals surface area contributed by atoms with Crippen LogP contribution in [-0.4, -0.2) is 104 Å². The molecule has 236 valence electrons. The molecule has 45 heavy (non-hydrogen) atoms. The number of aromatic hydroxyl groups is 1. The number of rotatable bonds is 11. The number of pyridine rings is 1. The van der Waals surface area contributed by atoms with Crippen molar-refractivity contribution in [3.63, 3.8) is 0 Å². The Kier molecular flexibility index (Phi) is 9.56. The maximum atomic E-state index is 13.6. The first-order valence-electron chi connectivity index (χ1n) is 12.8.